The standard InChI is InChI=1S/C24H26FN5/c1-16-11-17(2)29(28-16)22-9-5-7-20(12-22)14-26-18(3)24-15-27-30(19(24)4)23-10-6-8-21(25)13-23/h5-13,15,18,26H,14H2,1-4H3/t18-/m1/s1. The van der Waals surface area contributed by atoms with E-state index in [1.54, 1.807) is 10.7 Å². The number of rotatable bonds is 6. The molecule has 5 nitrogen and oxygen atoms in total. The van der Waals surface area contributed by atoms with Crippen molar-refractivity contribution in [1.29, 1.82) is 0 Å². The van der Waals surface area contributed by atoms with Gasteiger partial charge < -0.3 is 5.32 Å². The minimum Gasteiger partial charge on any atom is -0.306 e. The number of nitrogens with zero attached hydrogens (tertiary/aromatic N) is 4. The summed E-state index contributed by atoms with van der Waals surface area (Å²) in [5.41, 5.74) is 7.18. The van der Waals surface area contributed by atoms with Crippen LogP contribution in [-0.4, -0.2) is 19.6 Å². The van der Waals surface area contributed by atoms with Crippen molar-refractivity contribution >= 4 is 0 Å². The molecule has 1 atom stereocenters. The Balaban J connectivity index is 1.49. The fraction of sp³-hybridized carbons (Fsp3) is 0.250. The lowest BCUT2D eigenvalue weighted by molar-refractivity contribution is 0.571. The van der Waals surface area contributed by atoms with E-state index in [2.05, 4.69) is 59.7 Å². The Hall–Kier alpha value is -3.25. The summed E-state index contributed by atoms with van der Waals surface area (Å²) in [6.45, 7) is 8.91. The zero-order valence-corrected chi connectivity index (χ0v) is 17.7. The molecule has 2 heterocycles. The van der Waals surface area contributed by atoms with Gasteiger partial charge in [-0.05, 0) is 69.7 Å². The highest BCUT2D eigenvalue weighted by Crippen LogP contribution is 2.21. The molecule has 154 valence electrons. The predicted octanol–water partition coefficient (Wildman–Crippen LogP) is 4.97. The van der Waals surface area contributed by atoms with Gasteiger partial charge >= 0.3 is 0 Å². The summed E-state index contributed by atoms with van der Waals surface area (Å²) in [5, 5.41) is 12.6. The van der Waals surface area contributed by atoms with Crippen LogP contribution in [0.3, 0.4) is 0 Å². The Labute approximate surface area is 176 Å². The molecule has 0 fully saturated rings. The predicted molar refractivity (Wildman–Crippen MR) is 117 cm³/mol. The molecule has 0 unspecified atom stereocenters. The summed E-state index contributed by atoms with van der Waals surface area (Å²) >= 11 is 0. The van der Waals surface area contributed by atoms with E-state index in [4.69, 9.17) is 0 Å². The van der Waals surface area contributed by atoms with E-state index in [1.807, 2.05) is 30.8 Å². The molecule has 0 aliphatic carbocycles. The lowest BCUT2D eigenvalue weighted by Gasteiger charge is -2.15. The third-order valence-corrected chi connectivity index (χ3v) is 5.34. The Kier molecular flexibility index (Phi) is 5.50. The van der Waals surface area contributed by atoms with Crippen LogP contribution in [0.1, 0.15) is 41.2 Å². The fourth-order valence-corrected chi connectivity index (χ4v) is 3.78. The van der Waals surface area contributed by atoms with Gasteiger partial charge in [0.2, 0.25) is 0 Å². The monoisotopic (exact) mass is 403 g/mol. The van der Waals surface area contributed by atoms with Crippen LogP contribution >= 0.6 is 0 Å². The average Bonchev–Trinajstić information content (AvgIpc) is 3.28. The number of hydrogen-bond acceptors (Lipinski definition) is 3. The van der Waals surface area contributed by atoms with Gasteiger partial charge in [-0.25, -0.2) is 13.8 Å². The molecule has 0 spiro atoms. The van der Waals surface area contributed by atoms with Crippen molar-refractivity contribution in [3.63, 3.8) is 0 Å². The molecule has 4 rings (SSSR count). The lowest BCUT2D eigenvalue weighted by Crippen LogP contribution is -2.19. The quantitative estimate of drug-likeness (QED) is 0.494. The summed E-state index contributed by atoms with van der Waals surface area (Å²) in [5.74, 6) is -0.266. The number of halogens is 1. The molecule has 0 aliphatic rings. The SMILES string of the molecule is Cc1cc(C)n(-c2cccc(CN[C@H](C)c3cnn(-c4cccc(F)c4)c3C)c2)n1. The molecule has 0 aliphatic heterocycles. The van der Waals surface area contributed by atoms with Crippen LogP contribution in [0.25, 0.3) is 11.4 Å². The van der Waals surface area contributed by atoms with Crippen molar-refractivity contribution in [3.8, 4) is 11.4 Å². The number of hydrogen-bond donors (Lipinski definition) is 1. The molecule has 6 heteroatoms. The van der Waals surface area contributed by atoms with Gasteiger partial charge in [0.1, 0.15) is 5.82 Å². The van der Waals surface area contributed by atoms with Gasteiger partial charge in [0.05, 0.1) is 23.3 Å². The molecule has 30 heavy (non-hydrogen) atoms. The molecule has 1 N–H and O–H groups in total. The summed E-state index contributed by atoms with van der Waals surface area (Å²) in [6, 6.07) is 17.1. The van der Waals surface area contributed by atoms with Gasteiger partial charge in [0.15, 0.2) is 0 Å². The Morgan fingerprint density at radius 2 is 1.70 bits per heavy atom. The van der Waals surface area contributed by atoms with Crippen molar-refractivity contribution in [2.75, 3.05) is 0 Å². The number of aromatic nitrogens is 4. The van der Waals surface area contributed by atoms with E-state index in [9.17, 15) is 4.39 Å². The van der Waals surface area contributed by atoms with Crippen molar-refractivity contribution in [3.05, 3.63) is 94.8 Å². The second-order valence-corrected chi connectivity index (χ2v) is 7.69. The Morgan fingerprint density at radius 3 is 2.40 bits per heavy atom. The second-order valence-electron chi connectivity index (χ2n) is 7.69. The van der Waals surface area contributed by atoms with Gasteiger partial charge in [-0.15, -0.1) is 0 Å². The molecular weight excluding hydrogens is 377 g/mol. The highest BCUT2D eigenvalue weighted by Gasteiger charge is 2.14. The maximum absolute atomic E-state index is 13.6. The summed E-state index contributed by atoms with van der Waals surface area (Å²) in [6.07, 6.45) is 1.85. The third-order valence-electron chi connectivity index (χ3n) is 5.34. The lowest BCUT2D eigenvalue weighted by atomic mass is 10.1. The third kappa shape index (κ3) is 4.04. The minimum atomic E-state index is -0.266. The first-order chi connectivity index (χ1) is 14.4. The van der Waals surface area contributed by atoms with E-state index in [0.29, 0.717) is 0 Å². The highest BCUT2D eigenvalue weighted by molar-refractivity contribution is 5.38. The first-order valence-corrected chi connectivity index (χ1v) is 10.1. The van der Waals surface area contributed by atoms with Crippen LogP contribution in [-0.2, 0) is 6.54 Å². The van der Waals surface area contributed by atoms with Gasteiger partial charge in [-0.1, -0.05) is 18.2 Å². The molecule has 2 aromatic heterocycles. The maximum atomic E-state index is 13.6. The van der Waals surface area contributed by atoms with Crippen molar-refractivity contribution < 1.29 is 4.39 Å². The smallest absolute Gasteiger partial charge is 0.125 e. The van der Waals surface area contributed by atoms with Crippen LogP contribution in [0.4, 0.5) is 4.39 Å². The van der Waals surface area contributed by atoms with Crippen LogP contribution in [0.15, 0.2) is 60.8 Å². The number of aryl methyl sites for hydroxylation is 2. The van der Waals surface area contributed by atoms with Crippen LogP contribution in [0, 0.1) is 26.6 Å². The van der Waals surface area contributed by atoms with Gasteiger partial charge in [-0.3, -0.25) is 0 Å². The Morgan fingerprint density at radius 1 is 0.967 bits per heavy atom. The zero-order valence-electron chi connectivity index (χ0n) is 17.7. The number of benzene rings is 2. The summed E-state index contributed by atoms with van der Waals surface area (Å²) in [4.78, 5) is 0. The molecule has 0 amide bonds. The molecule has 4 aromatic rings. The molecule has 0 saturated carbocycles. The van der Waals surface area contributed by atoms with E-state index in [-0.39, 0.29) is 11.9 Å². The van der Waals surface area contributed by atoms with Gasteiger partial charge in [0, 0.05) is 29.5 Å². The average molecular weight is 404 g/mol. The highest BCUT2D eigenvalue weighted by atomic mass is 19.1. The Bertz CT molecular complexity index is 1170. The van der Waals surface area contributed by atoms with Crippen LogP contribution in [0.5, 0.6) is 0 Å². The molecule has 0 saturated heterocycles. The normalized spacial score (nSPS) is 12.3. The van der Waals surface area contributed by atoms with E-state index in [0.717, 1.165) is 40.6 Å². The largest absolute Gasteiger partial charge is 0.306 e. The molecule has 2 aromatic carbocycles. The van der Waals surface area contributed by atoms with Crippen molar-refractivity contribution in [1.82, 2.24) is 24.9 Å². The number of nitrogens with one attached hydrogen (secondary N) is 1. The zero-order chi connectivity index (χ0) is 21.3. The maximum Gasteiger partial charge on any atom is 0.125 e. The van der Waals surface area contributed by atoms with E-state index in [1.165, 1.54) is 17.7 Å². The second kappa shape index (κ2) is 8.24. The van der Waals surface area contributed by atoms with E-state index >= 15 is 0 Å². The fourth-order valence-electron chi connectivity index (χ4n) is 3.78. The minimum absolute atomic E-state index is 0.102. The van der Waals surface area contributed by atoms with Crippen LogP contribution in [0.2, 0.25) is 0 Å². The first kappa shape index (κ1) is 20.0. The van der Waals surface area contributed by atoms with Gasteiger partial charge in [-0.2, -0.15) is 10.2 Å². The van der Waals surface area contributed by atoms with Crippen molar-refractivity contribution in [2.45, 2.75) is 40.3 Å². The molecule has 0 radical (unpaired) electrons. The summed E-state index contributed by atoms with van der Waals surface area (Å²) < 4.78 is 17.3. The van der Waals surface area contributed by atoms with Gasteiger partial charge in [0.25, 0.3) is 0 Å². The van der Waals surface area contributed by atoms with Crippen molar-refractivity contribution in [2.24, 2.45) is 0 Å². The van der Waals surface area contributed by atoms with E-state index < -0.39 is 0 Å². The molecule has 0 bridgehead atoms. The van der Waals surface area contributed by atoms with Crippen LogP contribution < -0.4 is 5.32 Å². The first-order valence-electron chi connectivity index (χ1n) is 10.1. The topological polar surface area (TPSA) is 47.7 Å². The molecular formula is C24H26FN5. The summed E-state index contributed by atoms with van der Waals surface area (Å²) in [7, 11) is 0.